The van der Waals surface area contributed by atoms with Gasteiger partial charge in [0.05, 0.1) is 24.8 Å². The second-order valence-electron chi connectivity index (χ2n) is 7.15. The van der Waals surface area contributed by atoms with Crippen LogP contribution in [0.3, 0.4) is 0 Å². The number of phenolic OH excluding ortho intramolecular Hbond substituents is 4. The Morgan fingerprint density at radius 1 is 0.871 bits per heavy atom. The number of carbonyl (C=O) groups excluding carboxylic acids is 1. The first-order chi connectivity index (χ1) is 14.7. The van der Waals surface area contributed by atoms with Crippen molar-refractivity contribution in [1.29, 1.82) is 0 Å². The molecule has 31 heavy (non-hydrogen) atoms. The average molecular weight is 437 g/mol. The van der Waals surface area contributed by atoms with Gasteiger partial charge in [-0.25, -0.2) is 0 Å². The molecule has 0 spiro atoms. The van der Waals surface area contributed by atoms with Crippen LogP contribution in [-0.4, -0.2) is 78.1 Å². The van der Waals surface area contributed by atoms with Crippen LogP contribution in [-0.2, 0) is 11.2 Å². The molecule has 0 saturated carbocycles. The maximum Gasteiger partial charge on any atom is 0.183 e. The summed E-state index contributed by atoms with van der Waals surface area (Å²) < 4.78 is 0. The van der Waals surface area contributed by atoms with Crippen molar-refractivity contribution < 1.29 is 45.6 Å². The van der Waals surface area contributed by atoms with Crippen LogP contribution in [0.15, 0.2) is 36.4 Å². The number of ketones is 1. The van der Waals surface area contributed by atoms with Gasteiger partial charge >= 0.3 is 0 Å². The summed E-state index contributed by atoms with van der Waals surface area (Å²) in [7, 11) is 0. The number of benzene rings is 2. The molecule has 0 heterocycles. The summed E-state index contributed by atoms with van der Waals surface area (Å²) >= 11 is 0. The normalized spacial score (nSPS) is 15.2. The number of hydrogen-bond acceptors (Lipinski definition) is 10. The van der Waals surface area contributed by atoms with Crippen molar-refractivity contribution in [2.24, 2.45) is 0 Å². The fraction of sp³-hybridized carbons (Fsp3) is 0.381. The van der Waals surface area contributed by atoms with Gasteiger partial charge in [0.25, 0.3) is 0 Å². The fourth-order valence-electron chi connectivity index (χ4n) is 3.21. The smallest absolute Gasteiger partial charge is 0.183 e. The molecule has 0 aromatic heterocycles. The Balaban J connectivity index is 2.32. The van der Waals surface area contributed by atoms with E-state index in [1.807, 2.05) is 0 Å². The quantitative estimate of drug-likeness (QED) is 0.220. The molecule has 2 aromatic carbocycles. The van der Waals surface area contributed by atoms with Gasteiger partial charge in [0.1, 0.15) is 35.2 Å². The van der Waals surface area contributed by atoms with Crippen LogP contribution < -0.4 is 5.32 Å². The van der Waals surface area contributed by atoms with Crippen molar-refractivity contribution in [2.45, 2.75) is 37.1 Å². The van der Waals surface area contributed by atoms with Gasteiger partial charge in [-0.05, 0) is 30.5 Å². The minimum atomic E-state index is -1.96. The summed E-state index contributed by atoms with van der Waals surface area (Å²) in [6.45, 7) is -1.64. The third kappa shape index (κ3) is 6.29. The highest BCUT2D eigenvalue weighted by Crippen LogP contribution is 2.38. The zero-order chi connectivity index (χ0) is 23.1. The molecular weight excluding hydrogens is 410 g/mol. The molecule has 170 valence electrons. The van der Waals surface area contributed by atoms with E-state index in [1.54, 1.807) is 12.1 Å². The number of phenols is 4. The number of aryl methyl sites for hydroxylation is 1. The standard InChI is InChI=1S/C21H27NO9/c23-9-15(20(30)21(31)18(29)10-24)22-14(6-3-11-1-4-12(25)5-2-11)19-16(27)7-13(26)8-17(19)28/h1-2,4-5,7-8,14-15,18,21-29,31H,3,6,9-10H2/t14?,15-,18+,21+/m0/s1. The van der Waals surface area contributed by atoms with E-state index >= 15 is 0 Å². The van der Waals surface area contributed by atoms with Crippen molar-refractivity contribution in [3.63, 3.8) is 0 Å². The van der Waals surface area contributed by atoms with Gasteiger partial charge in [-0.1, -0.05) is 12.1 Å². The fourth-order valence-corrected chi connectivity index (χ4v) is 3.21. The van der Waals surface area contributed by atoms with E-state index in [1.165, 1.54) is 12.1 Å². The number of rotatable bonds is 11. The van der Waals surface area contributed by atoms with Gasteiger partial charge in [-0.3, -0.25) is 10.1 Å². The Bertz CT molecular complexity index is 849. The van der Waals surface area contributed by atoms with Crippen molar-refractivity contribution in [3.05, 3.63) is 47.5 Å². The van der Waals surface area contributed by atoms with Crippen LogP contribution in [0.25, 0.3) is 0 Å². The van der Waals surface area contributed by atoms with Crippen LogP contribution in [0.4, 0.5) is 0 Å². The average Bonchev–Trinajstić information content (AvgIpc) is 2.73. The minimum absolute atomic E-state index is 0.0416. The lowest BCUT2D eigenvalue weighted by Crippen LogP contribution is -2.50. The van der Waals surface area contributed by atoms with Gasteiger partial charge in [0.15, 0.2) is 5.78 Å². The molecule has 9 N–H and O–H groups in total. The van der Waals surface area contributed by atoms with Crippen molar-refractivity contribution in [1.82, 2.24) is 5.32 Å². The Kier molecular flexibility index (Phi) is 8.60. The lowest BCUT2D eigenvalue weighted by molar-refractivity contribution is -0.137. The monoisotopic (exact) mass is 437 g/mol. The highest BCUT2D eigenvalue weighted by atomic mass is 16.4. The van der Waals surface area contributed by atoms with Crippen LogP contribution in [0.1, 0.15) is 23.6 Å². The minimum Gasteiger partial charge on any atom is -0.508 e. The third-order valence-electron chi connectivity index (χ3n) is 4.90. The van der Waals surface area contributed by atoms with Crippen LogP contribution in [0.5, 0.6) is 23.0 Å². The first-order valence-electron chi connectivity index (χ1n) is 9.58. The number of hydrogen-bond donors (Lipinski definition) is 9. The van der Waals surface area contributed by atoms with Crippen LogP contribution in [0, 0.1) is 0 Å². The first kappa shape index (κ1) is 24.4. The zero-order valence-electron chi connectivity index (χ0n) is 16.6. The Labute approximate surface area is 178 Å². The van der Waals surface area contributed by atoms with Crippen LogP contribution in [0.2, 0.25) is 0 Å². The van der Waals surface area contributed by atoms with E-state index in [2.05, 4.69) is 5.32 Å². The Hall–Kier alpha value is -2.89. The number of Topliss-reactive ketones (excluding diaryl/α,β-unsaturated/α-hetero) is 1. The highest BCUT2D eigenvalue weighted by Gasteiger charge is 2.33. The molecule has 0 aliphatic heterocycles. The zero-order valence-corrected chi connectivity index (χ0v) is 16.6. The largest absolute Gasteiger partial charge is 0.508 e. The molecular formula is C21H27NO9. The summed E-state index contributed by atoms with van der Waals surface area (Å²) in [4.78, 5) is 12.4. The topological polar surface area (TPSA) is 191 Å². The molecule has 0 bridgehead atoms. The molecule has 0 fully saturated rings. The third-order valence-corrected chi connectivity index (χ3v) is 4.90. The van der Waals surface area contributed by atoms with Gasteiger partial charge in [0.2, 0.25) is 0 Å². The van der Waals surface area contributed by atoms with E-state index in [0.29, 0.717) is 6.42 Å². The number of carbonyl (C=O) groups is 1. The highest BCUT2D eigenvalue weighted by molar-refractivity contribution is 5.88. The molecule has 0 amide bonds. The van der Waals surface area contributed by atoms with Crippen molar-refractivity contribution in [3.8, 4) is 23.0 Å². The number of aliphatic hydroxyl groups excluding tert-OH is 4. The molecule has 0 radical (unpaired) electrons. The molecule has 2 aromatic rings. The molecule has 10 nitrogen and oxygen atoms in total. The predicted molar refractivity (Wildman–Crippen MR) is 109 cm³/mol. The second kappa shape index (κ2) is 10.9. The SMILES string of the molecule is O=C([C@H](CO)NC(CCc1ccc(O)cc1)c1c(O)cc(O)cc1O)[C@H](O)[C@H](O)CO. The summed E-state index contributed by atoms with van der Waals surface area (Å²) in [5.41, 5.74) is 0.755. The summed E-state index contributed by atoms with van der Waals surface area (Å²) in [6, 6.07) is 6.00. The van der Waals surface area contributed by atoms with E-state index < -0.39 is 54.8 Å². The Morgan fingerprint density at radius 2 is 1.45 bits per heavy atom. The molecule has 10 heteroatoms. The number of aliphatic hydroxyl groups is 4. The summed E-state index contributed by atoms with van der Waals surface area (Å²) in [5.74, 6) is -2.21. The van der Waals surface area contributed by atoms with Crippen molar-refractivity contribution in [2.75, 3.05) is 13.2 Å². The maximum atomic E-state index is 12.4. The predicted octanol–water partition coefficient (Wildman–Crippen LogP) is -0.583. The molecule has 2 rings (SSSR count). The second-order valence-corrected chi connectivity index (χ2v) is 7.15. The first-order valence-corrected chi connectivity index (χ1v) is 9.58. The van der Waals surface area contributed by atoms with E-state index in [4.69, 9.17) is 5.11 Å². The van der Waals surface area contributed by atoms with Crippen molar-refractivity contribution >= 4 is 5.78 Å². The maximum absolute atomic E-state index is 12.4. The molecule has 0 aliphatic rings. The molecule has 0 aliphatic carbocycles. The van der Waals surface area contributed by atoms with Gasteiger partial charge in [0, 0.05) is 18.2 Å². The van der Waals surface area contributed by atoms with E-state index in [-0.39, 0.29) is 23.5 Å². The van der Waals surface area contributed by atoms with E-state index in [0.717, 1.165) is 17.7 Å². The van der Waals surface area contributed by atoms with Gasteiger partial charge in [-0.2, -0.15) is 0 Å². The molecule has 0 saturated heterocycles. The van der Waals surface area contributed by atoms with E-state index in [9.17, 15) is 40.5 Å². The lowest BCUT2D eigenvalue weighted by atomic mass is 9.94. The number of nitrogens with one attached hydrogen (secondary N) is 1. The van der Waals surface area contributed by atoms with Crippen LogP contribution >= 0.6 is 0 Å². The molecule has 1 unspecified atom stereocenters. The van der Waals surface area contributed by atoms with Gasteiger partial charge in [-0.15, -0.1) is 0 Å². The summed E-state index contributed by atoms with van der Waals surface area (Å²) in [5, 5.41) is 80.3. The van der Waals surface area contributed by atoms with Gasteiger partial charge < -0.3 is 40.9 Å². The summed E-state index contributed by atoms with van der Waals surface area (Å²) in [6.07, 6.45) is -3.14. The Morgan fingerprint density at radius 3 is 1.97 bits per heavy atom. The molecule has 4 atom stereocenters. The lowest BCUT2D eigenvalue weighted by Gasteiger charge is -2.27. The number of aromatic hydroxyl groups is 4.